The number of benzene rings is 1. The molecule has 1 N–H and O–H groups in total. The van der Waals surface area contributed by atoms with Gasteiger partial charge in [-0.15, -0.1) is 0 Å². The summed E-state index contributed by atoms with van der Waals surface area (Å²) in [5.41, 5.74) is 0.678. The molecular formula is C13H16N2O4. The molecule has 0 amide bonds. The Morgan fingerprint density at radius 3 is 2.79 bits per heavy atom. The van der Waals surface area contributed by atoms with Gasteiger partial charge in [0.15, 0.2) is 12.4 Å². The number of aliphatic hydroxyl groups is 1. The van der Waals surface area contributed by atoms with Crippen LogP contribution < -0.4 is 9.47 Å². The summed E-state index contributed by atoms with van der Waals surface area (Å²) >= 11 is 0. The van der Waals surface area contributed by atoms with Crippen molar-refractivity contribution in [1.82, 2.24) is 10.1 Å². The molecule has 6 nitrogen and oxygen atoms in total. The van der Waals surface area contributed by atoms with E-state index in [1.807, 2.05) is 0 Å². The number of aromatic nitrogens is 2. The molecule has 2 rings (SSSR count). The van der Waals surface area contributed by atoms with E-state index in [4.69, 9.17) is 14.0 Å². The van der Waals surface area contributed by atoms with Gasteiger partial charge in [-0.3, -0.25) is 0 Å². The molecule has 0 fully saturated rings. The maximum atomic E-state index is 9.70. The SMILES string of the molecule is COc1ccc([C@@H](C)O)c(OCc2nc(C)no2)c1. The summed E-state index contributed by atoms with van der Waals surface area (Å²) in [5.74, 6) is 2.13. The lowest BCUT2D eigenvalue weighted by molar-refractivity contribution is 0.185. The minimum absolute atomic E-state index is 0.147. The summed E-state index contributed by atoms with van der Waals surface area (Å²) in [6, 6.07) is 5.24. The zero-order valence-corrected chi connectivity index (χ0v) is 11.1. The van der Waals surface area contributed by atoms with E-state index in [1.54, 1.807) is 39.2 Å². The van der Waals surface area contributed by atoms with Crippen LogP contribution in [0.1, 0.15) is 30.3 Å². The van der Waals surface area contributed by atoms with Crippen LogP contribution in [0.4, 0.5) is 0 Å². The Kier molecular flexibility index (Phi) is 4.01. The van der Waals surface area contributed by atoms with Gasteiger partial charge in [0.2, 0.25) is 0 Å². The van der Waals surface area contributed by atoms with Crippen molar-refractivity contribution in [3.05, 3.63) is 35.5 Å². The molecule has 0 bridgehead atoms. The third-order valence-corrected chi connectivity index (χ3v) is 2.59. The molecule has 1 atom stereocenters. The first kappa shape index (κ1) is 13.4. The molecule has 19 heavy (non-hydrogen) atoms. The Labute approximate surface area is 111 Å². The fourth-order valence-electron chi connectivity index (χ4n) is 1.65. The lowest BCUT2D eigenvalue weighted by Crippen LogP contribution is -2.02. The van der Waals surface area contributed by atoms with Crippen LogP contribution in [0, 0.1) is 6.92 Å². The van der Waals surface area contributed by atoms with Crippen LogP contribution in [-0.2, 0) is 6.61 Å². The van der Waals surface area contributed by atoms with Gasteiger partial charge in [0.1, 0.15) is 11.5 Å². The third-order valence-electron chi connectivity index (χ3n) is 2.59. The number of ether oxygens (including phenoxy) is 2. The first-order chi connectivity index (χ1) is 9.10. The van der Waals surface area contributed by atoms with E-state index < -0.39 is 6.10 Å². The second-order valence-corrected chi connectivity index (χ2v) is 4.10. The largest absolute Gasteiger partial charge is 0.497 e. The Hall–Kier alpha value is -2.08. The fraction of sp³-hybridized carbons (Fsp3) is 0.385. The highest BCUT2D eigenvalue weighted by molar-refractivity contribution is 5.41. The first-order valence-electron chi connectivity index (χ1n) is 5.88. The van der Waals surface area contributed by atoms with Gasteiger partial charge in [-0.25, -0.2) is 0 Å². The zero-order valence-electron chi connectivity index (χ0n) is 11.1. The summed E-state index contributed by atoms with van der Waals surface area (Å²) in [6.07, 6.45) is -0.634. The molecule has 0 aliphatic rings. The van der Waals surface area contributed by atoms with E-state index >= 15 is 0 Å². The molecule has 0 unspecified atom stereocenters. The van der Waals surface area contributed by atoms with Crippen molar-refractivity contribution in [2.75, 3.05) is 7.11 Å². The second-order valence-electron chi connectivity index (χ2n) is 4.10. The predicted molar refractivity (Wildman–Crippen MR) is 67.0 cm³/mol. The maximum Gasteiger partial charge on any atom is 0.264 e. The number of aliphatic hydroxyl groups excluding tert-OH is 1. The minimum Gasteiger partial charge on any atom is -0.497 e. The molecule has 0 aliphatic heterocycles. The molecule has 0 spiro atoms. The van der Waals surface area contributed by atoms with Gasteiger partial charge in [-0.05, 0) is 26.0 Å². The van der Waals surface area contributed by atoms with Crippen LogP contribution in [-0.4, -0.2) is 22.4 Å². The summed E-state index contributed by atoms with van der Waals surface area (Å²) in [7, 11) is 1.57. The highest BCUT2D eigenvalue weighted by atomic mass is 16.5. The minimum atomic E-state index is -0.634. The Balaban J connectivity index is 2.17. The number of nitrogens with zero attached hydrogens (tertiary/aromatic N) is 2. The van der Waals surface area contributed by atoms with E-state index in [0.717, 1.165) is 0 Å². The first-order valence-corrected chi connectivity index (χ1v) is 5.88. The number of hydrogen-bond donors (Lipinski definition) is 1. The summed E-state index contributed by atoms with van der Waals surface area (Å²) < 4.78 is 15.7. The Morgan fingerprint density at radius 1 is 1.42 bits per heavy atom. The van der Waals surface area contributed by atoms with Crippen molar-refractivity contribution < 1.29 is 19.1 Å². The Morgan fingerprint density at radius 2 is 2.21 bits per heavy atom. The lowest BCUT2D eigenvalue weighted by Gasteiger charge is -2.13. The molecule has 0 radical (unpaired) electrons. The predicted octanol–water partition coefficient (Wildman–Crippen LogP) is 2.02. The van der Waals surface area contributed by atoms with Crippen molar-refractivity contribution >= 4 is 0 Å². The molecule has 6 heteroatoms. The van der Waals surface area contributed by atoms with Gasteiger partial charge in [-0.1, -0.05) is 5.16 Å². The van der Waals surface area contributed by atoms with Crippen molar-refractivity contribution in [3.63, 3.8) is 0 Å². The van der Waals surface area contributed by atoms with Crippen LogP contribution in [0.2, 0.25) is 0 Å². The van der Waals surface area contributed by atoms with Crippen LogP contribution in [0.15, 0.2) is 22.7 Å². The topological polar surface area (TPSA) is 77.6 Å². The fourth-order valence-corrected chi connectivity index (χ4v) is 1.65. The monoisotopic (exact) mass is 264 g/mol. The summed E-state index contributed by atoms with van der Waals surface area (Å²) in [6.45, 7) is 3.55. The van der Waals surface area contributed by atoms with E-state index in [1.165, 1.54) is 0 Å². The standard InChI is InChI=1S/C13H16N2O4/c1-8(16)11-5-4-10(17-3)6-12(11)18-7-13-14-9(2)15-19-13/h4-6,8,16H,7H2,1-3H3/t8-/m1/s1. The lowest BCUT2D eigenvalue weighted by atomic mass is 10.1. The average molecular weight is 264 g/mol. The number of aryl methyl sites for hydroxylation is 1. The van der Waals surface area contributed by atoms with Gasteiger partial charge in [0.05, 0.1) is 13.2 Å². The maximum absolute atomic E-state index is 9.70. The van der Waals surface area contributed by atoms with Crippen molar-refractivity contribution in [2.45, 2.75) is 26.6 Å². The van der Waals surface area contributed by atoms with E-state index in [2.05, 4.69) is 10.1 Å². The smallest absolute Gasteiger partial charge is 0.264 e. The third kappa shape index (κ3) is 3.23. The van der Waals surface area contributed by atoms with E-state index in [9.17, 15) is 5.11 Å². The second kappa shape index (κ2) is 5.71. The number of methoxy groups -OCH3 is 1. The molecule has 1 aromatic carbocycles. The van der Waals surface area contributed by atoms with Gasteiger partial charge in [0, 0.05) is 11.6 Å². The molecule has 102 valence electrons. The van der Waals surface area contributed by atoms with Gasteiger partial charge in [-0.2, -0.15) is 4.98 Å². The summed E-state index contributed by atoms with van der Waals surface area (Å²) in [4.78, 5) is 4.05. The van der Waals surface area contributed by atoms with Gasteiger partial charge < -0.3 is 19.1 Å². The zero-order chi connectivity index (χ0) is 13.8. The molecule has 1 aromatic heterocycles. The van der Waals surface area contributed by atoms with Crippen molar-refractivity contribution in [2.24, 2.45) is 0 Å². The van der Waals surface area contributed by atoms with Crippen LogP contribution in [0.5, 0.6) is 11.5 Å². The van der Waals surface area contributed by atoms with E-state index in [-0.39, 0.29) is 6.61 Å². The van der Waals surface area contributed by atoms with Crippen molar-refractivity contribution in [1.29, 1.82) is 0 Å². The van der Waals surface area contributed by atoms with Crippen LogP contribution in [0.3, 0.4) is 0 Å². The Bertz CT molecular complexity index is 551. The number of rotatable bonds is 5. The molecule has 0 saturated carbocycles. The molecule has 0 aliphatic carbocycles. The van der Waals surface area contributed by atoms with Gasteiger partial charge >= 0.3 is 0 Å². The molecule has 1 heterocycles. The van der Waals surface area contributed by atoms with Crippen LogP contribution in [0.25, 0.3) is 0 Å². The highest BCUT2D eigenvalue weighted by Gasteiger charge is 2.12. The summed E-state index contributed by atoms with van der Waals surface area (Å²) in [5, 5.41) is 13.4. The van der Waals surface area contributed by atoms with Crippen molar-refractivity contribution in [3.8, 4) is 11.5 Å². The van der Waals surface area contributed by atoms with E-state index in [0.29, 0.717) is 28.8 Å². The quantitative estimate of drug-likeness (QED) is 0.890. The van der Waals surface area contributed by atoms with Gasteiger partial charge in [0.25, 0.3) is 5.89 Å². The molecule has 2 aromatic rings. The van der Waals surface area contributed by atoms with Crippen LogP contribution >= 0.6 is 0 Å². The number of hydrogen-bond acceptors (Lipinski definition) is 6. The normalized spacial score (nSPS) is 12.2. The molecular weight excluding hydrogens is 248 g/mol. The highest BCUT2D eigenvalue weighted by Crippen LogP contribution is 2.30. The molecule has 0 saturated heterocycles. The average Bonchev–Trinajstić information content (AvgIpc) is 2.81.